The minimum absolute atomic E-state index is 0.0950. The van der Waals surface area contributed by atoms with Crippen LogP contribution in [-0.2, 0) is 23.9 Å². The Hall–Kier alpha value is -2.34. The van der Waals surface area contributed by atoms with Crippen LogP contribution in [0.3, 0.4) is 0 Å². The molecule has 1 aromatic carbocycles. The summed E-state index contributed by atoms with van der Waals surface area (Å²) < 4.78 is 9.54. The summed E-state index contributed by atoms with van der Waals surface area (Å²) in [6.07, 6.45) is -0.174. The average Bonchev–Trinajstić information content (AvgIpc) is 2.80. The predicted octanol–water partition coefficient (Wildman–Crippen LogP) is 2.68. The van der Waals surface area contributed by atoms with Crippen LogP contribution in [0.2, 0.25) is 5.02 Å². The number of halogens is 1. The molecule has 1 fully saturated rings. The number of allylic oxidation sites excluding steroid dienone is 1. The second kappa shape index (κ2) is 7.28. The summed E-state index contributed by atoms with van der Waals surface area (Å²) in [5.41, 5.74) is 1.20. The second-order valence-electron chi connectivity index (χ2n) is 4.94. The molecule has 0 saturated carbocycles. The molecule has 1 aliphatic heterocycles. The molecule has 23 heavy (non-hydrogen) atoms. The van der Waals surface area contributed by atoms with Gasteiger partial charge in [-0.25, -0.2) is 4.79 Å². The van der Waals surface area contributed by atoms with Crippen LogP contribution in [0.1, 0.15) is 20.3 Å². The normalized spacial score (nSPS) is 18.3. The minimum Gasteiger partial charge on any atom is -0.463 e. The van der Waals surface area contributed by atoms with Crippen LogP contribution in [0, 0.1) is 5.92 Å². The largest absolute Gasteiger partial charge is 0.463 e. The molecule has 7 heteroatoms. The minimum atomic E-state index is -0.957. The molecular weight excluding hydrogens is 322 g/mol. The van der Waals surface area contributed by atoms with Crippen molar-refractivity contribution in [1.29, 1.82) is 0 Å². The number of hydrogen-bond donors (Lipinski definition) is 1. The molecule has 0 aliphatic carbocycles. The van der Waals surface area contributed by atoms with E-state index in [1.165, 1.54) is 0 Å². The summed E-state index contributed by atoms with van der Waals surface area (Å²) in [6, 6.07) is 6.84. The van der Waals surface area contributed by atoms with Crippen molar-refractivity contribution in [1.82, 2.24) is 0 Å². The summed E-state index contributed by atoms with van der Waals surface area (Å²) in [4.78, 5) is 35.3. The maximum Gasteiger partial charge on any atom is 0.336 e. The number of nitrogens with one attached hydrogen (secondary N) is 1. The molecule has 1 aromatic rings. The summed E-state index contributed by atoms with van der Waals surface area (Å²) in [5.74, 6) is -3.00. The molecule has 0 amide bonds. The van der Waals surface area contributed by atoms with Crippen LogP contribution in [0.25, 0.3) is 0 Å². The van der Waals surface area contributed by atoms with Gasteiger partial charge in [-0.05, 0) is 38.1 Å². The Balaban J connectivity index is 2.34. The number of benzene rings is 1. The third-order valence-corrected chi connectivity index (χ3v) is 3.55. The lowest BCUT2D eigenvalue weighted by Crippen LogP contribution is -2.23. The zero-order valence-corrected chi connectivity index (χ0v) is 13.5. The van der Waals surface area contributed by atoms with Gasteiger partial charge in [0.2, 0.25) is 0 Å². The van der Waals surface area contributed by atoms with Gasteiger partial charge in [-0.1, -0.05) is 11.6 Å². The van der Waals surface area contributed by atoms with Crippen molar-refractivity contribution >= 4 is 35.2 Å². The SMILES string of the molecule is CCOC(=O)/C(=C(\C)Nc1ccc(Cl)cc1)C1CC(=O)OC1=O. The van der Waals surface area contributed by atoms with Gasteiger partial charge in [0.05, 0.1) is 18.6 Å². The van der Waals surface area contributed by atoms with Gasteiger partial charge >= 0.3 is 17.9 Å². The van der Waals surface area contributed by atoms with Crippen molar-refractivity contribution in [3.63, 3.8) is 0 Å². The van der Waals surface area contributed by atoms with Crippen LogP contribution in [0.4, 0.5) is 5.69 Å². The van der Waals surface area contributed by atoms with Crippen LogP contribution in [-0.4, -0.2) is 24.5 Å². The van der Waals surface area contributed by atoms with Gasteiger partial charge in [0.15, 0.2) is 0 Å². The predicted molar refractivity (Wildman–Crippen MR) is 83.6 cm³/mol. The first-order valence-corrected chi connectivity index (χ1v) is 7.45. The molecule has 2 rings (SSSR count). The van der Waals surface area contributed by atoms with Crippen LogP contribution in [0.15, 0.2) is 35.5 Å². The summed E-state index contributed by atoms with van der Waals surface area (Å²) in [6.45, 7) is 3.46. The highest BCUT2D eigenvalue weighted by Gasteiger charge is 2.40. The quantitative estimate of drug-likeness (QED) is 0.505. The van der Waals surface area contributed by atoms with Crippen molar-refractivity contribution in [2.75, 3.05) is 11.9 Å². The molecule has 0 radical (unpaired) electrons. The first-order valence-electron chi connectivity index (χ1n) is 7.07. The summed E-state index contributed by atoms with van der Waals surface area (Å²) >= 11 is 5.83. The number of esters is 3. The monoisotopic (exact) mass is 337 g/mol. The third kappa shape index (κ3) is 4.10. The van der Waals surface area contributed by atoms with Gasteiger partial charge < -0.3 is 14.8 Å². The van der Waals surface area contributed by atoms with E-state index in [4.69, 9.17) is 16.3 Å². The van der Waals surface area contributed by atoms with E-state index in [0.717, 1.165) is 0 Å². The number of ether oxygens (including phenoxy) is 2. The number of hydrogen-bond acceptors (Lipinski definition) is 6. The Labute approximate surface area is 138 Å². The van der Waals surface area contributed by atoms with Crippen molar-refractivity contribution in [2.45, 2.75) is 20.3 Å². The maximum absolute atomic E-state index is 12.2. The molecular formula is C16H16ClNO5. The van der Waals surface area contributed by atoms with Crippen molar-refractivity contribution in [3.8, 4) is 0 Å². The first kappa shape index (κ1) is 17.0. The first-order chi connectivity index (χ1) is 10.9. The van der Waals surface area contributed by atoms with E-state index >= 15 is 0 Å². The van der Waals surface area contributed by atoms with Crippen LogP contribution in [0.5, 0.6) is 0 Å². The molecule has 0 bridgehead atoms. The fraction of sp³-hybridized carbons (Fsp3) is 0.312. The Morgan fingerprint density at radius 2 is 2.00 bits per heavy atom. The smallest absolute Gasteiger partial charge is 0.336 e. The van der Waals surface area contributed by atoms with Crippen molar-refractivity contribution < 1.29 is 23.9 Å². The zero-order valence-electron chi connectivity index (χ0n) is 12.7. The van der Waals surface area contributed by atoms with Gasteiger partial charge in [-0.15, -0.1) is 0 Å². The highest BCUT2D eigenvalue weighted by molar-refractivity contribution is 6.30. The number of anilines is 1. The lowest BCUT2D eigenvalue weighted by molar-refractivity contribution is -0.153. The molecule has 122 valence electrons. The molecule has 1 saturated heterocycles. The van der Waals surface area contributed by atoms with Crippen LogP contribution >= 0.6 is 11.6 Å². The number of cyclic esters (lactones) is 2. The molecule has 6 nitrogen and oxygen atoms in total. The number of rotatable bonds is 5. The topological polar surface area (TPSA) is 81.7 Å². The van der Waals surface area contributed by atoms with E-state index < -0.39 is 23.8 Å². The summed E-state index contributed by atoms with van der Waals surface area (Å²) in [7, 11) is 0. The van der Waals surface area contributed by atoms with E-state index in [0.29, 0.717) is 16.4 Å². The van der Waals surface area contributed by atoms with E-state index in [1.54, 1.807) is 38.1 Å². The molecule has 1 heterocycles. The lowest BCUT2D eigenvalue weighted by atomic mass is 9.95. The fourth-order valence-corrected chi connectivity index (χ4v) is 2.40. The molecule has 0 spiro atoms. The summed E-state index contributed by atoms with van der Waals surface area (Å²) in [5, 5.41) is 3.60. The maximum atomic E-state index is 12.2. The van der Waals surface area contributed by atoms with Gasteiger partial charge in [0.25, 0.3) is 0 Å². The molecule has 1 aliphatic rings. The van der Waals surface area contributed by atoms with Gasteiger partial charge in [0, 0.05) is 16.4 Å². The lowest BCUT2D eigenvalue weighted by Gasteiger charge is -2.16. The second-order valence-corrected chi connectivity index (χ2v) is 5.38. The van der Waals surface area contributed by atoms with Gasteiger partial charge in [-0.3, -0.25) is 9.59 Å². The zero-order chi connectivity index (χ0) is 17.0. The van der Waals surface area contributed by atoms with Crippen LogP contribution < -0.4 is 5.32 Å². The Bertz CT molecular complexity index is 666. The van der Waals surface area contributed by atoms with E-state index in [9.17, 15) is 14.4 Å². The Morgan fingerprint density at radius 1 is 1.35 bits per heavy atom. The standard InChI is InChI=1S/C16H16ClNO5/c1-3-22-16(21)14(12-8-13(19)23-15(12)20)9(2)18-11-6-4-10(17)5-7-11/h4-7,12,18H,3,8H2,1-2H3/b14-9+. The average molecular weight is 338 g/mol. The molecule has 1 atom stereocenters. The molecule has 1 unspecified atom stereocenters. The number of carbonyl (C=O) groups is 3. The van der Waals surface area contributed by atoms with Gasteiger partial charge in [-0.2, -0.15) is 0 Å². The Kier molecular flexibility index (Phi) is 5.39. The van der Waals surface area contributed by atoms with E-state index in [2.05, 4.69) is 10.1 Å². The van der Waals surface area contributed by atoms with Crippen molar-refractivity contribution in [2.24, 2.45) is 5.92 Å². The van der Waals surface area contributed by atoms with Crippen molar-refractivity contribution in [3.05, 3.63) is 40.6 Å². The highest BCUT2D eigenvalue weighted by Crippen LogP contribution is 2.28. The molecule has 1 N–H and O–H groups in total. The fourth-order valence-electron chi connectivity index (χ4n) is 2.28. The van der Waals surface area contributed by atoms with E-state index in [1.807, 2.05) is 0 Å². The number of carbonyl (C=O) groups excluding carboxylic acids is 3. The Morgan fingerprint density at radius 3 is 2.52 bits per heavy atom. The molecule has 0 aromatic heterocycles. The highest BCUT2D eigenvalue weighted by atomic mass is 35.5. The van der Waals surface area contributed by atoms with E-state index in [-0.39, 0.29) is 18.6 Å². The third-order valence-electron chi connectivity index (χ3n) is 3.29. The van der Waals surface area contributed by atoms with Gasteiger partial charge in [0.1, 0.15) is 5.92 Å².